The standard InChI is InChI=1S/C23H18F2N4O4/c24-16-7-9-17(10-8-16)27-21(30)14-33-18-11-5-15(6-12-18)13-26-29-23(32)22(31)28-20-4-2-1-3-19(20)25/h1-13H,14H2,(H,27,30)(H,28,31)(H,29,32)/b26-13-. The summed E-state index contributed by atoms with van der Waals surface area (Å²) in [6.07, 6.45) is 1.29. The number of carbonyl (C=O) groups excluding carboxylic acids is 3. The van der Waals surface area contributed by atoms with E-state index in [1.54, 1.807) is 24.3 Å². The highest BCUT2D eigenvalue weighted by Crippen LogP contribution is 2.13. The van der Waals surface area contributed by atoms with E-state index in [0.717, 1.165) is 6.07 Å². The molecule has 0 aliphatic carbocycles. The molecule has 8 nitrogen and oxygen atoms in total. The van der Waals surface area contributed by atoms with Crippen molar-refractivity contribution in [2.24, 2.45) is 5.10 Å². The second-order valence-electron chi connectivity index (χ2n) is 6.55. The third kappa shape index (κ3) is 7.24. The Balaban J connectivity index is 1.43. The molecule has 0 spiro atoms. The van der Waals surface area contributed by atoms with Crippen LogP contribution in [0, 0.1) is 11.6 Å². The second kappa shape index (κ2) is 11.1. The highest BCUT2D eigenvalue weighted by molar-refractivity contribution is 6.39. The van der Waals surface area contributed by atoms with E-state index >= 15 is 0 Å². The van der Waals surface area contributed by atoms with Crippen LogP contribution in [0.15, 0.2) is 77.9 Å². The summed E-state index contributed by atoms with van der Waals surface area (Å²) in [7, 11) is 0. The van der Waals surface area contributed by atoms with Crippen molar-refractivity contribution in [1.29, 1.82) is 0 Å². The molecule has 0 saturated carbocycles. The van der Waals surface area contributed by atoms with Crippen LogP contribution in [0.3, 0.4) is 0 Å². The number of hydrogen-bond donors (Lipinski definition) is 3. The van der Waals surface area contributed by atoms with E-state index < -0.39 is 29.4 Å². The fraction of sp³-hybridized carbons (Fsp3) is 0.0435. The predicted molar refractivity (Wildman–Crippen MR) is 118 cm³/mol. The van der Waals surface area contributed by atoms with Crippen molar-refractivity contribution in [3.05, 3.63) is 90.0 Å². The molecule has 3 N–H and O–H groups in total. The highest BCUT2D eigenvalue weighted by Gasteiger charge is 2.14. The van der Waals surface area contributed by atoms with Crippen LogP contribution < -0.4 is 20.8 Å². The molecular weight excluding hydrogens is 434 g/mol. The van der Waals surface area contributed by atoms with Gasteiger partial charge in [0.25, 0.3) is 5.91 Å². The zero-order chi connectivity index (χ0) is 23.6. The van der Waals surface area contributed by atoms with Crippen LogP contribution >= 0.6 is 0 Å². The Hall–Kier alpha value is -4.60. The lowest BCUT2D eigenvalue weighted by Crippen LogP contribution is -2.32. The van der Waals surface area contributed by atoms with Gasteiger partial charge in [-0.05, 0) is 66.2 Å². The fourth-order valence-corrected chi connectivity index (χ4v) is 2.49. The van der Waals surface area contributed by atoms with Crippen LogP contribution in [0.4, 0.5) is 20.2 Å². The molecule has 33 heavy (non-hydrogen) atoms. The van der Waals surface area contributed by atoms with Gasteiger partial charge in [0.15, 0.2) is 6.61 Å². The molecule has 3 aromatic rings. The number of halogens is 2. The number of nitrogens with zero attached hydrogens (tertiary/aromatic N) is 1. The lowest BCUT2D eigenvalue weighted by molar-refractivity contribution is -0.136. The summed E-state index contributed by atoms with van der Waals surface area (Å²) in [5.74, 6) is -3.21. The third-order valence-corrected chi connectivity index (χ3v) is 4.09. The molecule has 0 aromatic heterocycles. The summed E-state index contributed by atoms with van der Waals surface area (Å²) in [5, 5.41) is 8.39. The van der Waals surface area contributed by atoms with Crippen molar-refractivity contribution in [3.8, 4) is 5.75 Å². The zero-order valence-corrected chi connectivity index (χ0v) is 17.0. The molecule has 0 fully saturated rings. The summed E-state index contributed by atoms with van der Waals surface area (Å²) >= 11 is 0. The minimum absolute atomic E-state index is 0.122. The van der Waals surface area contributed by atoms with Gasteiger partial charge in [0.2, 0.25) is 0 Å². The van der Waals surface area contributed by atoms with E-state index in [2.05, 4.69) is 15.7 Å². The maximum Gasteiger partial charge on any atom is 0.329 e. The first-order valence-electron chi connectivity index (χ1n) is 9.58. The van der Waals surface area contributed by atoms with Crippen molar-refractivity contribution in [1.82, 2.24) is 5.43 Å². The molecule has 0 radical (unpaired) electrons. The lowest BCUT2D eigenvalue weighted by atomic mass is 10.2. The van der Waals surface area contributed by atoms with E-state index in [-0.39, 0.29) is 12.3 Å². The number of hydrazone groups is 1. The number of anilines is 2. The Kier molecular flexibility index (Phi) is 7.79. The maximum absolute atomic E-state index is 13.5. The van der Waals surface area contributed by atoms with Crippen LogP contribution in [0.2, 0.25) is 0 Å². The molecule has 0 unspecified atom stereocenters. The Bertz CT molecular complexity index is 1170. The summed E-state index contributed by atoms with van der Waals surface area (Å²) in [6.45, 7) is -0.252. The molecule has 3 amide bonds. The monoisotopic (exact) mass is 452 g/mol. The zero-order valence-electron chi connectivity index (χ0n) is 17.0. The van der Waals surface area contributed by atoms with Crippen molar-refractivity contribution >= 4 is 35.3 Å². The topological polar surface area (TPSA) is 109 Å². The molecule has 0 saturated heterocycles. The molecule has 0 bridgehead atoms. The number of benzene rings is 3. The molecule has 0 heterocycles. The molecule has 168 valence electrons. The Morgan fingerprint density at radius 2 is 1.55 bits per heavy atom. The molecule has 0 aliphatic heterocycles. The van der Waals surface area contributed by atoms with E-state index in [9.17, 15) is 23.2 Å². The molecular formula is C23H18F2N4O4. The summed E-state index contributed by atoms with van der Waals surface area (Å²) < 4.78 is 31.8. The van der Waals surface area contributed by atoms with Crippen LogP contribution in [0.1, 0.15) is 5.56 Å². The first kappa shape index (κ1) is 23.1. The average molecular weight is 452 g/mol. The maximum atomic E-state index is 13.5. The van der Waals surface area contributed by atoms with Gasteiger partial charge in [-0.25, -0.2) is 14.2 Å². The van der Waals surface area contributed by atoms with Gasteiger partial charge >= 0.3 is 11.8 Å². The Labute approximate surface area is 187 Å². The molecule has 3 aromatic carbocycles. The average Bonchev–Trinajstić information content (AvgIpc) is 2.81. The normalized spacial score (nSPS) is 10.5. The first-order chi connectivity index (χ1) is 15.9. The van der Waals surface area contributed by atoms with Gasteiger partial charge in [-0.15, -0.1) is 0 Å². The van der Waals surface area contributed by atoms with E-state index in [1.165, 1.54) is 48.7 Å². The number of carbonyl (C=O) groups is 3. The van der Waals surface area contributed by atoms with Crippen LogP contribution in [0.5, 0.6) is 5.75 Å². The number of para-hydroxylation sites is 1. The lowest BCUT2D eigenvalue weighted by Gasteiger charge is -2.07. The summed E-state index contributed by atoms with van der Waals surface area (Å²) in [4.78, 5) is 35.4. The van der Waals surface area contributed by atoms with Gasteiger partial charge in [-0.2, -0.15) is 5.10 Å². The summed E-state index contributed by atoms with van der Waals surface area (Å²) in [6, 6.07) is 17.2. The van der Waals surface area contributed by atoms with Crippen LogP contribution in [0.25, 0.3) is 0 Å². The van der Waals surface area contributed by atoms with Crippen molar-refractivity contribution in [2.75, 3.05) is 17.2 Å². The summed E-state index contributed by atoms with van der Waals surface area (Å²) in [5.41, 5.74) is 2.94. The first-order valence-corrected chi connectivity index (χ1v) is 9.58. The van der Waals surface area contributed by atoms with Crippen molar-refractivity contribution < 1.29 is 27.9 Å². The van der Waals surface area contributed by atoms with Gasteiger partial charge in [-0.3, -0.25) is 14.4 Å². The molecule has 0 aliphatic rings. The predicted octanol–water partition coefficient (Wildman–Crippen LogP) is 3.07. The number of amides is 3. The van der Waals surface area contributed by atoms with Gasteiger partial charge in [-0.1, -0.05) is 12.1 Å². The SMILES string of the molecule is O=C(COc1ccc(/C=N\NC(=O)C(=O)Nc2ccccc2F)cc1)Nc1ccc(F)cc1. The van der Waals surface area contributed by atoms with Gasteiger partial charge in [0.05, 0.1) is 11.9 Å². The quantitative estimate of drug-likeness (QED) is 0.291. The van der Waals surface area contributed by atoms with E-state index in [4.69, 9.17) is 4.74 Å². The Morgan fingerprint density at radius 3 is 2.24 bits per heavy atom. The molecule has 0 atom stereocenters. The fourth-order valence-electron chi connectivity index (χ4n) is 2.49. The van der Waals surface area contributed by atoms with Crippen LogP contribution in [-0.2, 0) is 14.4 Å². The van der Waals surface area contributed by atoms with E-state index in [0.29, 0.717) is 17.0 Å². The van der Waals surface area contributed by atoms with Crippen molar-refractivity contribution in [3.63, 3.8) is 0 Å². The third-order valence-electron chi connectivity index (χ3n) is 4.09. The second-order valence-corrected chi connectivity index (χ2v) is 6.55. The Morgan fingerprint density at radius 1 is 0.848 bits per heavy atom. The van der Waals surface area contributed by atoms with Gasteiger partial charge in [0.1, 0.15) is 17.4 Å². The minimum atomic E-state index is -1.07. The number of nitrogens with one attached hydrogen (secondary N) is 3. The number of rotatable bonds is 7. The van der Waals surface area contributed by atoms with Gasteiger partial charge < -0.3 is 15.4 Å². The minimum Gasteiger partial charge on any atom is -0.484 e. The van der Waals surface area contributed by atoms with E-state index in [1.807, 2.05) is 5.43 Å². The van der Waals surface area contributed by atoms with Crippen molar-refractivity contribution in [2.45, 2.75) is 0 Å². The van der Waals surface area contributed by atoms with Crippen LogP contribution in [-0.4, -0.2) is 30.5 Å². The highest BCUT2D eigenvalue weighted by atomic mass is 19.1. The smallest absolute Gasteiger partial charge is 0.329 e. The largest absolute Gasteiger partial charge is 0.484 e. The molecule has 3 rings (SSSR count). The number of ether oxygens (including phenoxy) is 1. The van der Waals surface area contributed by atoms with Gasteiger partial charge in [0, 0.05) is 5.69 Å². The molecule has 10 heteroatoms. The number of hydrogen-bond acceptors (Lipinski definition) is 5.